The van der Waals surface area contributed by atoms with Gasteiger partial charge in [0.25, 0.3) is 5.56 Å². The third kappa shape index (κ3) is 3.28. The van der Waals surface area contributed by atoms with Crippen LogP contribution in [0, 0.1) is 23.8 Å². The Bertz CT molecular complexity index is 896. The van der Waals surface area contributed by atoms with Gasteiger partial charge in [-0.05, 0) is 61.1 Å². The topological polar surface area (TPSA) is 89.0 Å². The van der Waals surface area contributed by atoms with Gasteiger partial charge >= 0.3 is 0 Å². The van der Waals surface area contributed by atoms with Crippen LogP contribution in [0.3, 0.4) is 0 Å². The van der Waals surface area contributed by atoms with Crippen LogP contribution in [-0.2, 0) is 12.0 Å². The molecule has 2 heterocycles. The van der Waals surface area contributed by atoms with Crippen molar-refractivity contribution in [1.82, 2.24) is 9.78 Å². The number of hydrogen-bond acceptors (Lipinski definition) is 5. The number of H-pyrrole nitrogens is 1. The lowest BCUT2D eigenvalue weighted by atomic mass is 9.77. The maximum absolute atomic E-state index is 13.0. The molecule has 1 aliphatic rings. The first-order valence-electron chi connectivity index (χ1n) is 8.55. The Balaban J connectivity index is 0.00000117. The Morgan fingerprint density at radius 1 is 1.27 bits per heavy atom. The summed E-state index contributed by atoms with van der Waals surface area (Å²) in [7, 11) is 0. The second-order valence-electron chi connectivity index (χ2n) is 7.12. The highest BCUT2D eigenvalue weighted by Crippen LogP contribution is 2.45. The van der Waals surface area contributed by atoms with E-state index in [1.54, 1.807) is 0 Å². The van der Waals surface area contributed by atoms with Gasteiger partial charge in [0.05, 0.1) is 0 Å². The normalized spacial score (nSPS) is 15.0. The zero-order valence-corrected chi connectivity index (χ0v) is 16.6. The summed E-state index contributed by atoms with van der Waals surface area (Å²) < 4.78 is 1.45. The number of aryl methyl sites for hydroxylation is 2. The molecule has 7 heteroatoms. The van der Waals surface area contributed by atoms with E-state index in [0.717, 1.165) is 23.3 Å². The van der Waals surface area contributed by atoms with Gasteiger partial charge in [-0.1, -0.05) is 13.8 Å². The molecule has 0 aliphatic carbocycles. The van der Waals surface area contributed by atoms with Crippen molar-refractivity contribution >= 4 is 17.5 Å². The van der Waals surface area contributed by atoms with Gasteiger partial charge in [0.1, 0.15) is 5.56 Å². The van der Waals surface area contributed by atoms with Crippen molar-refractivity contribution < 1.29 is 4.79 Å². The number of thioether (sulfide) groups is 1. The van der Waals surface area contributed by atoms with E-state index >= 15 is 0 Å². The van der Waals surface area contributed by atoms with Gasteiger partial charge in [-0.25, -0.2) is 0 Å². The minimum absolute atomic E-state index is 0.0491. The van der Waals surface area contributed by atoms with Crippen molar-refractivity contribution in [3.05, 3.63) is 60.4 Å². The number of nitrogens with one attached hydrogen (secondary N) is 1. The molecular formula is C19H24N2O4S. The van der Waals surface area contributed by atoms with Gasteiger partial charge < -0.3 is 5.10 Å². The molecular weight excluding hydrogens is 352 g/mol. The number of aromatic amines is 1. The maximum atomic E-state index is 13.0. The number of hydrogen-bond donors (Lipinski definition) is 1. The van der Waals surface area contributed by atoms with E-state index in [4.69, 9.17) is 9.93 Å². The van der Waals surface area contributed by atoms with Crippen LogP contribution in [0.4, 0.5) is 0 Å². The molecule has 0 unspecified atom stereocenters. The standard InChI is InChI=1S/C19H24N2O2S.O2/c1-6-21-18(23)14(10-20-21)16(22)13-9-11(2)17-15(12(13)3)19(4,5)7-8-24-17;1-2/h9-10,20H,6-8H2,1-5H3;. The highest BCUT2D eigenvalue weighted by atomic mass is 32.2. The summed E-state index contributed by atoms with van der Waals surface area (Å²) in [6, 6.07) is 1.95. The fraction of sp³-hybridized carbons (Fsp3) is 0.474. The minimum atomic E-state index is -0.245. The van der Waals surface area contributed by atoms with E-state index in [-0.39, 0.29) is 22.3 Å². The van der Waals surface area contributed by atoms with Crippen molar-refractivity contribution in [1.29, 1.82) is 0 Å². The van der Waals surface area contributed by atoms with Crippen LogP contribution in [0.25, 0.3) is 0 Å². The summed E-state index contributed by atoms with van der Waals surface area (Å²) in [4.78, 5) is 40.7. The fourth-order valence-electron chi connectivity index (χ4n) is 3.61. The van der Waals surface area contributed by atoms with Crippen LogP contribution in [-0.4, -0.2) is 21.3 Å². The average molecular weight is 376 g/mol. The van der Waals surface area contributed by atoms with Crippen molar-refractivity contribution in [3.8, 4) is 0 Å². The molecule has 3 rings (SSSR count). The Morgan fingerprint density at radius 3 is 2.50 bits per heavy atom. The number of nitrogens with zero attached hydrogens (tertiary/aromatic N) is 1. The smallest absolute Gasteiger partial charge is 0.277 e. The minimum Gasteiger partial charge on any atom is -0.302 e. The lowest BCUT2D eigenvalue weighted by Gasteiger charge is -2.35. The van der Waals surface area contributed by atoms with Crippen molar-refractivity contribution in [2.24, 2.45) is 0 Å². The molecule has 0 bridgehead atoms. The molecule has 0 radical (unpaired) electrons. The van der Waals surface area contributed by atoms with Gasteiger partial charge in [0, 0.05) is 33.1 Å². The molecule has 0 atom stereocenters. The van der Waals surface area contributed by atoms with Gasteiger partial charge in [0.15, 0.2) is 5.78 Å². The van der Waals surface area contributed by atoms with E-state index in [1.165, 1.54) is 21.3 Å². The summed E-state index contributed by atoms with van der Waals surface area (Å²) in [5.41, 5.74) is 4.10. The summed E-state index contributed by atoms with van der Waals surface area (Å²) in [6.45, 7) is 11.0. The predicted octanol–water partition coefficient (Wildman–Crippen LogP) is 3.88. The molecule has 1 aromatic carbocycles. The summed E-state index contributed by atoms with van der Waals surface area (Å²) in [5.74, 6) is 0.922. The molecule has 0 saturated heterocycles. The molecule has 6 nitrogen and oxygen atoms in total. The molecule has 0 saturated carbocycles. The Hall–Kier alpha value is -2.15. The highest BCUT2D eigenvalue weighted by Gasteiger charge is 2.33. The van der Waals surface area contributed by atoms with Crippen molar-refractivity contribution in [2.75, 3.05) is 5.75 Å². The number of rotatable bonds is 3. The predicted molar refractivity (Wildman–Crippen MR) is 105 cm³/mol. The van der Waals surface area contributed by atoms with Crippen molar-refractivity contribution in [2.45, 2.75) is 57.9 Å². The van der Waals surface area contributed by atoms with Crippen molar-refractivity contribution in [3.63, 3.8) is 0 Å². The number of carbonyl (C=O) groups excluding carboxylic acids is 1. The fourth-order valence-corrected chi connectivity index (χ4v) is 5.29. The molecule has 2 aromatic rings. The van der Waals surface area contributed by atoms with Gasteiger partial charge in [-0.15, -0.1) is 11.8 Å². The van der Waals surface area contributed by atoms with Crippen LogP contribution < -0.4 is 5.56 Å². The number of benzene rings is 1. The number of ketones is 1. The number of fused-ring (bicyclic) bond motifs is 1. The second kappa shape index (κ2) is 7.61. The van der Waals surface area contributed by atoms with Gasteiger partial charge in [-0.3, -0.25) is 14.3 Å². The van der Waals surface area contributed by atoms with E-state index in [1.807, 2.05) is 31.7 Å². The van der Waals surface area contributed by atoms with E-state index in [9.17, 15) is 9.59 Å². The van der Waals surface area contributed by atoms with E-state index in [0.29, 0.717) is 12.1 Å². The monoisotopic (exact) mass is 376 g/mol. The van der Waals surface area contributed by atoms with Crippen LogP contribution in [0.5, 0.6) is 0 Å². The maximum Gasteiger partial charge on any atom is 0.277 e. The Morgan fingerprint density at radius 2 is 1.92 bits per heavy atom. The van der Waals surface area contributed by atoms with Crippen LogP contribution >= 0.6 is 11.8 Å². The molecule has 26 heavy (non-hydrogen) atoms. The molecule has 0 spiro atoms. The molecule has 140 valence electrons. The first-order valence-corrected chi connectivity index (χ1v) is 9.53. The summed E-state index contributed by atoms with van der Waals surface area (Å²) >= 11 is 1.88. The molecule has 0 fully saturated rings. The van der Waals surface area contributed by atoms with E-state index < -0.39 is 0 Å². The quantitative estimate of drug-likeness (QED) is 0.821. The van der Waals surface area contributed by atoms with E-state index in [2.05, 4.69) is 25.9 Å². The highest BCUT2D eigenvalue weighted by molar-refractivity contribution is 7.99. The largest absolute Gasteiger partial charge is 0.302 e. The lowest BCUT2D eigenvalue weighted by Crippen LogP contribution is -2.27. The lowest BCUT2D eigenvalue weighted by molar-refractivity contribution is 0.103. The number of carbonyl (C=O) groups is 1. The first kappa shape index (κ1) is 20.2. The third-order valence-corrected chi connectivity index (χ3v) is 6.24. The average Bonchev–Trinajstić information content (AvgIpc) is 2.99. The van der Waals surface area contributed by atoms with Gasteiger partial charge in [0.2, 0.25) is 0 Å². The molecule has 1 aliphatic heterocycles. The zero-order valence-electron chi connectivity index (χ0n) is 15.8. The van der Waals surface area contributed by atoms with Gasteiger partial charge in [-0.2, -0.15) is 0 Å². The Kier molecular flexibility index (Phi) is 5.91. The van der Waals surface area contributed by atoms with Crippen LogP contribution in [0.15, 0.2) is 22.0 Å². The molecule has 0 amide bonds. The van der Waals surface area contributed by atoms with Crippen LogP contribution in [0.1, 0.15) is 59.8 Å². The zero-order chi connectivity index (χ0) is 19.6. The second-order valence-corrected chi connectivity index (χ2v) is 8.22. The SMILES string of the molecule is CCn1[nH]cc(C(=O)c2cc(C)c3c(c2C)C(C)(C)CCS3)c1=O.O=O. The molecule has 1 aromatic heterocycles. The van der Waals surface area contributed by atoms with Crippen LogP contribution in [0.2, 0.25) is 0 Å². The Labute approximate surface area is 156 Å². The number of aromatic nitrogens is 2. The molecule has 1 N–H and O–H groups in total. The first-order chi connectivity index (χ1) is 12.3. The summed E-state index contributed by atoms with van der Waals surface area (Å²) in [5, 5.41) is 2.87. The third-order valence-electron chi connectivity index (χ3n) is 5.02. The summed E-state index contributed by atoms with van der Waals surface area (Å²) in [6.07, 6.45) is 2.62.